The van der Waals surface area contributed by atoms with Gasteiger partial charge in [0.05, 0.1) is 5.69 Å². The Kier molecular flexibility index (Phi) is 3.37. The lowest BCUT2D eigenvalue weighted by Gasteiger charge is -2.07. The van der Waals surface area contributed by atoms with Crippen LogP contribution >= 0.6 is 0 Å². The van der Waals surface area contributed by atoms with E-state index in [1.807, 2.05) is 0 Å². The van der Waals surface area contributed by atoms with Gasteiger partial charge < -0.3 is 10.4 Å². The maximum absolute atomic E-state index is 13.4. The minimum atomic E-state index is -1.31. The Hall–Kier alpha value is -2.57. The van der Waals surface area contributed by atoms with E-state index in [1.165, 1.54) is 18.2 Å². The van der Waals surface area contributed by atoms with Crippen LogP contribution in [0.5, 0.6) is 0 Å². The summed E-state index contributed by atoms with van der Waals surface area (Å²) < 4.78 is 39.1. The van der Waals surface area contributed by atoms with E-state index < -0.39 is 23.4 Å². The second-order valence-corrected chi connectivity index (χ2v) is 3.58. The molecule has 1 aromatic carbocycles. The predicted octanol–water partition coefficient (Wildman–Crippen LogP) is 2.94. The molecule has 0 saturated carbocycles. The minimum absolute atomic E-state index is 0.00445. The van der Waals surface area contributed by atoms with E-state index in [9.17, 15) is 18.0 Å². The van der Waals surface area contributed by atoms with E-state index in [-0.39, 0.29) is 17.2 Å². The van der Waals surface area contributed by atoms with Crippen molar-refractivity contribution in [2.24, 2.45) is 0 Å². The molecule has 0 unspecified atom stereocenters. The lowest BCUT2D eigenvalue weighted by Crippen LogP contribution is -2.04. The third-order valence-electron chi connectivity index (χ3n) is 2.24. The number of anilines is 2. The highest BCUT2D eigenvalue weighted by atomic mass is 19.2. The minimum Gasteiger partial charge on any atom is -0.477 e. The van der Waals surface area contributed by atoms with Gasteiger partial charge in [0.25, 0.3) is 0 Å². The van der Waals surface area contributed by atoms with Crippen molar-refractivity contribution in [3.05, 3.63) is 53.5 Å². The number of nitrogens with zero attached hydrogens (tertiary/aromatic N) is 1. The summed E-state index contributed by atoms with van der Waals surface area (Å²) in [7, 11) is 0. The molecule has 2 rings (SSSR count). The van der Waals surface area contributed by atoms with Crippen LogP contribution in [0.4, 0.5) is 24.7 Å². The average Bonchev–Trinajstić information content (AvgIpc) is 2.36. The lowest BCUT2D eigenvalue weighted by atomic mass is 10.2. The summed E-state index contributed by atoms with van der Waals surface area (Å²) in [5, 5.41) is 11.1. The molecule has 98 valence electrons. The first kappa shape index (κ1) is 12.9. The smallest absolute Gasteiger partial charge is 0.354 e. The fourth-order valence-electron chi connectivity index (χ4n) is 1.38. The molecule has 0 atom stereocenters. The fourth-order valence-corrected chi connectivity index (χ4v) is 1.38. The molecule has 1 aromatic heterocycles. The van der Waals surface area contributed by atoms with Gasteiger partial charge in [0.1, 0.15) is 11.6 Å². The Morgan fingerprint density at radius 3 is 2.47 bits per heavy atom. The zero-order valence-electron chi connectivity index (χ0n) is 9.32. The van der Waals surface area contributed by atoms with E-state index in [0.717, 1.165) is 0 Å². The highest BCUT2D eigenvalue weighted by Gasteiger charge is 2.11. The number of aromatic carboxylic acids is 1. The van der Waals surface area contributed by atoms with Crippen LogP contribution in [0.1, 0.15) is 10.5 Å². The molecule has 19 heavy (non-hydrogen) atoms. The molecule has 0 fully saturated rings. The monoisotopic (exact) mass is 268 g/mol. The summed E-state index contributed by atoms with van der Waals surface area (Å²) in [6.07, 6.45) is 0. The SMILES string of the molecule is O=C(O)c1cccc(Nc2cc(F)c(F)cc2F)n1. The number of hydrogen-bond acceptors (Lipinski definition) is 3. The number of carbonyl (C=O) groups is 1. The third-order valence-corrected chi connectivity index (χ3v) is 2.24. The number of carboxylic acids is 1. The fraction of sp³-hybridized carbons (Fsp3) is 0. The zero-order valence-corrected chi connectivity index (χ0v) is 9.32. The zero-order chi connectivity index (χ0) is 14.0. The summed E-state index contributed by atoms with van der Waals surface area (Å²) in [5.74, 6) is -4.80. The molecule has 2 N–H and O–H groups in total. The van der Waals surface area contributed by atoms with Crippen molar-refractivity contribution >= 4 is 17.5 Å². The number of hydrogen-bond donors (Lipinski definition) is 2. The normalized spacial score (nSPS) is 10.3. The van der Waals surface area contributed by atoms with Crippen LogP contribution in [-0.2, 0) is 0 Å². The highest BCUT2D eigenvalue weighted by molar-refractivity contribution is 5.85. The van der Waals surface area contributed by atoms with Gasteiger partial charge >= 0.3 is 5.97 Å². The number of carboxylic acid groups (broad SMARTS) is 1. The van der Waals surface area contributed by atoms with Gasteiger partial charge in [-0.05, 0) is 12.1 Å². The number of nitrogens with one attached hydrogen (secondary N) is 1. The Balaban J connectivity index is 2.33. The molecule has 0 amide bonds. The van der Waals surface area contributed by atoms with Crippen molar-refractivity contribution in [3.8, 4) is 0 Å². The van der Waals surface area contributed by atoms with Gasteiger partial charge in [0.2, 0.25) is 0 Å². The third kappa shape index (κ3) is 2.82. The number of aromatic nitrogens is 1. The summed E-state index contributed by atoms with van der Waals surface area (Å²) in [6.45, 7) is 0. The standard InChI is InChI=1S/C12H7F3N2O2/c13-6-4-8(15)10(5-7(6)14)17-11-3-1-2-9(16-11)12(18)19/h1-5H,(H,16,17)(H,18,19). The number of benzene rings is 1. The molecule has 0 aliphatic carbocycles. The average molecular weight is 268 g/mol. The Morgan fingerprint density at radius 1 is 1.11 bits per heavy atom. The van der Waals surface area contributed by atoms with Crippen LogP contribution in [0, 0.1) is 17.5 Å². The van der Waals surface area contributed by atoms with Crippen molar-refractivity contribution < 1.29 is 23.1 Å². The molecule has 0 saturated heterocycles. The van der Waals surface area contributed by atoms with Crippen LogP contribution in [0.25, 0.3) is 0 Å². The molecule has 0 bridgehead atoms. The number of rotatable bonds is 3. The van der Waals surface area contributed by atoms with E-state index in [4.69, 9.17) is 5.11 Å². The van der Waals surface area contributed by atoms with Gasteiger partial charge in [-0.2, -0.15) is 0 Å². The van der Waals surface area contributed by atoms with Gasteiger partial charge in [-0.3, -0.25) is 0 Å². The van der Waals surface area contributed by atoms with Crippen LogP contribution in [-0.4, -0.2) is 16.1 Å². The largest absolute Gasteiger partial charge is 0.477 e. The maximum atomic E-state index is 13.4. The van der Waals surface area contributed by atoms with Gasteiger partial charge in [0, 0.05) is 12.1 Å². The molecule has 2 aromatic rings. The highest BCUT2D eigenvalue weighted by Crippen LogP contribution is 2.21. The van der Waals surface area contributed by atoms with Crippen LogP contribution in [0.3, 0.4) is 0 Å². The topological polar surface area (TPSA) is 62.2 Å². The Labute approximate surface area is 105 Å². The molecular formula is C12H7F3N2O2. The van der Waals surface area contributed by atoms with Crippen molar-refractivity contribution in [1.82, 2.24) is 4.98 Å². The van der Waals surface area contributed by atoms with Crippen molar-refractivity contribution in [2.75, 3.05) is 5.32 Å². The number of pyridine rings is 1. The van der Waals surface area contributed by atoms with Gasteiger partial charge in [-0.15, -0.1) is 0 Å². The molecule has 0 spiro atoms. The van der Waals surface area contributed by atoms with Crippen LogP contribution in [0.15, 0.2) is 30.3 Å². The predicted molar refractivity (Wildman–Crippen MR) is 60.8 cm³/mol. The van der Waals surface area contributed by atoms with Gasteiger partial charge in [-0.1, -0.05) is 6.07 Å². The second-order valence-electron chi connectivity index (χ2n) is 3.58. The summed E-state index contributed by atoms with van der Waals surface area (Å²) in [5.41, 5.74) is -0.595. The first-order valence-corrected chi connectivity index (χ1v) is 5.09. The maximum Gasteiger partial charge on any atom is 0.354 e. The van der Waals surface area contributed by atoms with Gasteiger partial charge in [-0.25, -0.2) is 22.9 Å². The van der Waals surface area contributed by atoms with Crippen molar-refractivity contribution in [3.63, 3.8) is 0 Å². The molecule has 0 aliphatic heterocycles. The summed E-state index contributed by atoms with van der Waals surface area (Å²) >= 11 is 0. The van der Waals surface area contributed by atoms with Crippen molar-refractivity contribution in [2.45, 2.75) is 0 Å². The van der Waals surface area contributed by atoms with E-state index in [1.54, 1.807) is 0 Å². The summed E-state index contributed by atoms with van der Waals surface area (Å²) in [6, 6.07) is 5.01. The molecule has 0 radical (unpaired) electrons. The van der Waals surface area contributed by atoms with Crippen molar-refractivity contribution in [1.29, 1.82) is 0 Å². The molecule has 4 nitrogen and oxygen atoms in total. The van der Waals surface area contributed by atoms with Crippen LogP contribution in [0.2, 0.25) is 0 Å². The molecule has 7 heteroatoms. The Morgan fingerprint density at radius 2 is 1.79 bits per heavy atom. The second kappa shape index (κ2) is 4.97. The number of halogens is 3. The van der Waals surface area contributed by atoms with Crippen LogP contribution < -0.4 is 5.32 Å². The Bertz CT molecular complexity index is 647. The van der Waals surface area contributed by atoms with E-state index in [2.05, 4.69) is 10.3 Å². The first-order valence-electron chi connectivity index (χ1n) is 5.09. The van der Waals surface area contributed by atoms with E-state index in [0.29, 0.717) is 12.1 Å². The first-order chi connectivity index (χ1) is 8.97. The molecular weight excluding hydrogens is 261 g/mol. The molecule has 1 heterocycles. The molecule has 0 aliphatic rings. The quantitative estimate of drug-likeness (QED) is 0.840. The summed E-state index contributed by atoms with van der Waals surface area (Å²) in [4.78, 5) is 14.4. The van der Waals surface area contributed by atoms with E-state index >= 15 is 0 Å². The lowest BCUT2D eigenvalue weighted by molar-refractivity contribution is 0.0690. The van der Waals surface area contributed by atoms with Gasteiger partial charge in [0.15, 0.2) is 17.3 Å².